The summed E-state index contributed by atoms with van der Waals surface area (Å²) >= 11 is 3.23. The van der Waals surface area contributed by atoms with Crippen LogP contribution in [0.2, 0.25) is 0 Å². The molecule has 0 radical (unpaired) electrons. The highest BCUT2D eigenvalue weighted by Gasteiger charge is 2.08. The molecule has 3 nitrogen and oxygen atoms in total. The average molecular weight is 266 g/mol. The zero-order valence-corrected chi connectivity index (χ0v) is 9.07. The predicted molar refractivity (Wildman–Crippen MR) is 55.9 cm³/mol. The molecule has 1 heterocycles. The van der Waals surface area contributed by atoms with Crippen molar-refractivity contribution in [1.82, 2.24) is 9.78 Å². The maximum atomic E-state index is 13.0. The SMILES string of the molecule is N#Cc1cnn(-c2cccc(F)c2)c1Br. The van der Waals surface area contributed by atoms with E-state index in [0.29, 0.717) is 15.9 Å². The van der Waals surface area contributed by atoms with Crippen molar-refractivity contribution in [2.24, 2.45) is 0 Å². The first-order valence-corrected chi connectivity index (χ1v) is 4.91. The van der Waals surface area contributed by atoms with Crippen LogP contribution in [0.1, 0.15) is 5.56 Å². The van der Waals surface area contributed by atoms with Crippen molar-refractivity contribution in [1.29, 1.82) is 5.26 Å². The standard InChI is InChI=1S/C10H5BrFN3/c11-10-7(5-13)6-14-15(10)9-3-1-2-8(12)4-9/h1-4,6H. The van der Waals surface area contributed by atoms with Crippen molar-refractivity contribution in [3.05, 3.63) is 46.4 Å². The van der Waals surface area contributed by atoms with Gasteiger partial charge in [-0.05, 0) is 34.1 Å². The van der Waals surface area contributed by atoms with E-state index in [-0.39, 0.29) is 5.82 Å². The Bertz CT molecular complexity index is 542. The fourth-order valence-electron chi connectivity index (χ4n) is 1.20. The first-order chi connectivity index (χ1) is 7.22. The smallest absolute Gasteiger partial charge is 0.127 e. The van der Waals surface area contributed by atoms with Crippen molar-refractivity contribution < 1.29 is 4.39 Å². The lowest BCUT2D eigenvalue weighted by atomic mass is 10.3. The average Bonchev–Trinajstić information content (AvgIpc) is 2.59. The van der Waals surface area contributed by atoms with Crippen molar-refractivity contribution in [3.8, 4) is 11.8 Å². The van der Waals surface area contributed by atoms with Gasteiger partial charge in [0.05, 0.1) is 11.9 Å². The lowest BCUT2D eigenvalue weighted by Gasteiger charge is -2.02. The summed E-state index contributed by atoms with van der Waals surface area (Å²) in [6, 6.07) is 7.97. The number of hydrogen-bond acceptors (Lipinski definition) is 2. The van der Waals surface area contributed by atoms with E-state index in [1.807, 2.05) is 6.07 Å². The van der Waals surface area contributed by atoms with Crippen LogP contribution < -0.4 is 0 Å². The summed E-state index contributed by atoms with van der Waals surface area (Å²) in [6.45, 7) is 0. The number of rotatable bonds is 1. The van der Waals surface area contributed by atoms with Crippen LogP contribution in [0.4, 0.5) is 4.39 Å². The molecule has 0 aliphatic rings. The highest BCUT2D eigenvalue weighted by atomic mass is 79.9. The Morgan fingerprint density at radius 2 is 2.27 bits per heavy atom. The van der Waals surface area contributed by atoms with Crippen LogP contribution in [-0.2, 0) is 0 Å². The normalized spacial score (nSPS) is 9.93. The van der Waals surface area contributed by atoms with Gasteiger partial charge in [-0.2, -0.15) is 10.4 Å². The van der Waals surface area contributed by atoms with Gasteiger partial charge in [-0.3, -0.25) is 0 Å². The quantitative estimate of drug-likeness (QED) is 0.796. The summed E-state index contributed by atoms with van der Waals surface area (Å²) in [5.74, 6) is -0.339. The van der Waals surface area contributed by atoms with Crippen LogP contribution in [0.15, 0.2) is 35.1 Å². The number of nitrogens with zero attached hydrogens (tertiary/aromatic N) is 3. The minimum absolute atomic E-state index is 0.339. The second-order valence-corrected chi connectivity index (χ2v) is 3.60. The second kappa shape index (κ2) is 3.83. The Labute approximate surface area is 93.9 Å². The molecular weight excluding hydrogens is 261 g/mol. The molecule has 0 aliphatic heterocycles. The Balaban J connectivity index is 2.56. The van der Waals surface area contributed by atoms with E-state index in [1.54, 1.807) is 12.1 Å². The molecule has 0 fully saturated rings. The maximum Gasteiger partial charge on any atom is 0.127 e. The minimum atomic E-state index is -0.339. The van der Waals surface area contributed by atoms with Gasteiger partial charge in [0.25, 0.3) is 0 Å². The molecule has 5 heteroatoms. The van der Waals surface area contributed by atoms with Gasteiger partial charge in [-0.25, -0.2) is 9.07 Å². The molecule has 74 valence electrons. The fourth-order valence-corrected chi connectivity index (χ4v) is 1.68. The molecule has 0 aliphatic carbocycles. The molecule has 0 saturated carbocycles. The molecule has 0 N–H and O–H groups in total. The van der Waals surface area contributed by atoms with Crippen molar-refractivity contribution >= 4 is 15.9 Å². The molecule has 0 spiro atoms. The molecule has 2 aromatic rings. The van der Waals surface area contributed by atoms with Crippen molar-refractivity contribution in [2.45, 2.75) is 0 Å². The lowest BCUT2D eigenvalue weighted by Crippen LogP contribution is -1.96. The third-order valence-corrected chi connectivity index (χ3v) is 2.65. The zero-order chi connectivity index (χ0) is 10.8. The number of benzene rings is 1. The Morgan fingerprint density at radius 3 is 2.87 bits per heavy atom. The zero-order valence-electron chi connectivity index (χ0n) is 7.48. The monoisotopic (exact) mass is 265 g/mol. The van der Waals surface area contributed by atoms with E-state index in [0.717, 1.165) is 0 Å². The highest BCUT2D eigenvalue weighted by molar-refractivity contribution is 9.10. The van der Waals surface area contributed by atoms with Crippen LogP contribution in [-0.4, -0.2) is 9.78 Å². The van der Waals surface area contributed by atoms with Crippen LogP contribution in [0, 0.1) is 17.1 Å². The highest BCUT2D eigenvalue weighted by Crippen LogP contribution is 2.20. The second-order valence-electron chi connectivity index (χ2n) is 2.85. The first kappa shape index (κ1) is 9.87. The largest absolute Gasteiger partial charge is 0.225 e. The predicted octanol–water partition coefficient (Wildman–Crippen LogP) is 2.65. The van der Waals surface area contributed by atoms with Gasteiger partial charge in [0.1, 0.15) is 22.1 Å². The van der Waals surface area contributed by atoms with Crippen LogP contribution in [0.25, 0.3) is 5.69 Å². The van der Waals surface area contributed by atoms with Crippen LogP contribution in [0.3, 0.4) is 0 Å². The maximum absolute atomic E-state index is 13.0. The Hall–Kier alpha value is -1.67. The van der Waals surface area contributed by atoms with Crippen molar-refractivity contribution in [3.63, 3.8) is 0 Å². The third-order valence-electron chi connectivity index (χ3n) is 1.88. The van der Waals surface area contributed by atoms with E-state index >= 15 is 0 Å². The molecule has 1 aromatic carbocycles. The number of halogens is 2. The molecular formula is C10H5BrFN3. The first-order valence-electron chi connectivity index (χ1n) is 4.12. The van der Waals surface area contributed by atoms with E-state index in [9.17, 15) is 4.39 Å². The summed E-state index contributed by atoms with van der Waals surface area (Å²) in [7, 11) is 0. The van der Waals surface area contributed by atoms with Crippen LogP contribution in [0.5, 0.6) is 0 Å². The van der Waals surface area contributed by atoms with Gasteiger partial charge in [-0.1, -0.05) is 6.07 Å². The van der Waals surface area contributed by atoms with E-state index in [1.165, 1.54) is 23.0 Å². The molecule has 15 heavy (non-hydrogen) atoms. The molecule has 0 amide bonds. The number of aromatic nitrogens is 2. The van der Waals surface area contributed by atoms with Gasteiger partial charge in [0, 0.05) is 0 Å². The van der Waals surface area contributed by atoms with Gasteiger partial charge < -0.3 is 0 Å². The van der Waals surface area contributed by atoms with Gasteiger partial charge in [0.15, 0.2) is 0 Å². The summed E-state index contributed by atoms with van der Waals surface area (Å²) < 4.78 is 14.9. The van der Waals surface area contributed by atoms with E-state index in [4.69, 9.17) is 5.26 Å². The molecule has 0 unspecified atom stereocenters. The van der Waals surface area contributed by atoms with E-state index < -0.39 is 0 Å². The summed E-state index contributed by atoms with van der Waals surface area (Å²) in [6.07, 6.45) is 1.43. The summed E-state index contributed by atoms with van der Waals surface area (Å²) in [5.41, 5.74) is 0.989. The number of nitriles is 1. The molecule has 1 aromatic heterocycles. The third kappa shape index (κ3) is 1.76. The summed E-state index contributed by atoms with van der Waals surface area (Å²) in [4.78, 5) is 0. The van der Waals surface area contributed by atoms with Gasteiger partial charge in [0.2, 0.25) is 0 Å². The molecule has 0 saturated heterocycles. The fraction of sp³-hybridized carbons (Fsp3) is 0. The molecule has 2 rings (SSSR count). The van der Waals surface area contributed by atoms with Gasteiger partial charge in [-0.15, -0.1) is 0 Å². The Morgan fingerprint density at radius 1 is 1.47 bits per heavy atom. The molecule has 0 atom stereocenters. The van der Waals surface area contributed by atoms with Gasteiger partial charge >= 0.3 is 0 Å². The summed E-state index contributed by atoms with van der Waals surface area (Å²) in [5, 5.41) is 12.7. The van der Waals surface area contributed by atoms with Crippen LogP contribution >= 0.6 is 15.9 Å². The van der Waals surface area contributed by atoms with E-state index in [2.05, 4.69) is 21.0 Å². The van der Waals surface area contributed by atoms with Crippen molar-refractivity contribution in [2.75, 3.05) is 0 Å². The Kier molecular flexibility index (Phi) is 2.52. The number of hydrogen-bond donors (Lipinski definition) is 0. The lowest BCUT2D eigenvalue weighted by molar-refractivity contribution is 0.625. The topological polar surface area (TPSA) is 41.6 Å². The minimum Gasteiger partial charge on any atom is -0.225 e. The molecule has 0 bridgehead atoms.